The summed E-state index contributed by atoms with van der Waals surface area (Å²) in [6.07, 6.45) is 1.91. The second kappa shape index (κ2) is 10.7. The molecule has 1 fully saturated rings. The van der Waals surface area contributed by atoms with E-state index in [1.807, 2.05) is 12.3 Å². The minimum atomic E-state index is -1.12. The van der Waals surface area contributed by atoms with Crippen molar-refractivity contribution in [2.45, 2.75) is 37.0 Å². The van der Waals surface area contributed by atoms with Crippen LogP contribution in [-0.4, -0.2) is 71.8 Å². The van der Waals surface area contributed by atoms with Gasteiger partial charge in [0.15, 0.2) is 17.7 Å². The highest BCUT2D eigenvalue weighted by Gasteiger charge is 2.46. The summed E-state index contributed by atoms with van der Waals surface area (Å²) in [6, 6.07) is 1.52. The number of imidazole rings is 1. The van der Waals surface area contributed by atoms with Gasteiger partial charge in [-0.3, -0.25) is 4.57 Å². The van der Waals surface area contributed by atoms with Crippen molar-refractivity contribution in [3.8, 4) is 6.07 Å². The summed E-state index contributed by atoms with van der Waals surface area (Å²) < 4.78 is 7.47. The molecule has 0 amide bonds. The Hall–Kier alpha value is -1.01. The van der Waals surface area contributed by atoms with Crippen LogP contribution in [0.1, 0.15) is 12.6 Å². The summed E-state index contributed by atoms with van der Waals surface area (Å²) in [5.41, 5.74) is 12.3. The van der Waals surface area contributed by atoms with Crippen LogP contribution in [-0.2, 0) is 15.6 Å². The number of hydrogen-bond acceptors (Lipinski definition) is 9. The maximum Gasteiger partial charge on any atom is 0.167 e. The summed E-state index contributed by atoms with van der Waals surface area (Å²) in [5, 5.41) is 29.6. The lowest BCUT2D eigenvalue weighted by Gasteiger charge is -2.16. The molecule has 0 saturated carbocycles. The summed E-state index contributed by atoms with van der Waals surface area (Å²) >= 11 is 0. The molecule has 0 bridgehead atoms. The normalized spacial score (nSPS) is 26.1. The predicted octanol–water partition coefficient (Wildman–Crippen LogP) is -3.90. The Morgan fingerprint density at radius 3 is 2.75 bits per heavy atom. The lowest BCUT2D eigenvalue weighted by atomic mass is 10.1. The molecule has 6 atom stereocenters. The minimum Gasteiger partial charge on any atom is -1.00 e. The van der Waals surface area contributed by atoms with Crippen LogP contribution in [0.15, 0.2) is 12.7 Å². The third-order valence-electron chi connectivity index (χ3n) is 4.39. The molecule has 2 aromatic heterocycles. The second-order valence-electron chi connectivity index (χ2n) is 6.31. The van der Waals surface area contributed by atoms with Crippen LogP contribution in [0.25, 0.3) is 11.2 Å². The summed E-state index contributed by atoms with van der Waals surface area (Å²) in [7, 11) is -0.108. The van der Waals surface area contributed by atoms with E-state index in [9.17, 15) is 10.2 Å². The molecule has 10 nitrogen and oxygen atoms in total. The fraction of sp³-hybridized carbons (Fsp3) is 0.600. The van der Waals surface area contributed by atoms with E-state index in [1.165, 1.54) is 12.7 Å². The number of fused-ring (bicyclic) bond motifs is 1. The molecule has 3 rings (SSSR count). The highest BCUT2D eigenvalue weighted by atomic mass is 79.9. The van der Waals surface area contributed by atoms with Gasteiger partial charge in [0.05, 0.1) is 24.7 Å². The van der Waals surface area contributed by atoms with Gasteiger partial charge in [-0.1, -0.05) is 0 Å². The number of rotatable bonds is 6. The number of nitrogens with zero attached hydrogens (tertiary/aromatic N) is 5. The number of hydrogen-bond donors (Lipinski definition) is 4. The van der Waals surface area contributed by atoms with Crippen LogP contribution in [0.2, 0.25) is 0 Å². The zero-order chi connectivity index (χ0) is 18.8. The monoisotopic (exact) mass is 539 g/mol. The molecule has 0 aliphatic carbocycles. The first-order valence-corrected chi connectivity index (χ1v) is 10.1. The van der Waals surface area contributed by atoms with E-state index in [-0.39, 0.29) is 50.7 Å². The van der Waals surface area contributed by atoms with Gasteiger partial charge in [-0.2, -0.15) is 5.26 Å². The Morgan fingerprint density at radius 2 is 2.07 bits per heavy atom. The quantitative estimate of drug-likeness (QED) is 0.267. The van der Waals surface area contributed by atoms with Crippen molar-refractivity contribution < 1.29 is 31.9 Å². The molecule has 0 radical (unpaired) electrons. The maximum atomic E-state index is 10.4. The number of anilines is 1. The van der Waals surface area contributed by atoms with E-state index in [0.717, 1.165) is 5.75 Å². The molecule has 1 aliphatic heterocycles. The molecule has 2 unspecified atom stereocenters. The zero-order valence-electron chi connectivity index (χ0n) is 15.1. The average molecular weight is 541 g/mol. The summed E-state index contributed by atoms with van der Waals surface area (Å²) in [4.78, 5) is 12.2. The van der Waals surface area contributed by atoms with Gasteiger partial charge in [0, 0.05) is 6.42 Å². The number of aliphatic hydroxyl groups excluding tert-OH is 2. The standard InChI is InChI=1S/C15H22N7O3S.2BrH/c1-26(3-2-8(17)4-16)5-9-11(23)12(24)15(25-9)22-7-21-10-13(18)19-6-20-14(10)22;;/h6-9,11-12,15,23-24H,2-3,5,17H2,1H3,(H2,18,19,20);2*1H/q+1;;/p-1/t8?,9-,11-,12-,15-,26?;;/m1../s1. The smallest absolute Gasteiger partial charge is 0.167 e. The number of aromatic nitrogens is 4. The van der Waals surface area contributed by atoms with Crippen LogP contribution < -0.4 is 28.4 Å². The number of nitrogen functional groups attached to an aromatic ring is 1. The Kier molecular flexibility index (Phi) is 9.54. The number of ether oxygens (including phenoxy) is 1. The molecular formula is C15H23Br2N7O3S. The molecule has 2 aromatic rings. The van der Waals surface area contributed by atoms with Gasteiger partial charge in [-0.15, -0.1) is 17.0 Å². The van der Waals surface area contributed by atoms with Crippen molar-refractivity contribution in [1.29, 1.82) is 5.26 Å². The molecule has 13 heteroatoms. The van der Waals surface area contributed by atoms with E-state index in [0.29, 0.717) is 23.3 Å². The van der Waals surface area contributed by atoms with Crippen molar-refractivity contribution in [3.63, 3.8) is 0 Å². The Morgan fingerprint density at radius 1 is 1.36 bits per heavy atom. The Bertz CT molecular complexity index is 821. The number of halogens is 2. The predicted molar refractivity (Wildman–Crippen MR) is 107 cm³/mol. The van der Waals surface area contributed by atoms with Gasteiger partial charge in [0.2, 0.25) is 0 Å². The molecule has 28 heavy (non-hydrogen) atoms. The lowest BCUT2D eigenvalue weighted by Crippen LogP contribution is -3.00. The first kappa shape index (κ1) is 25.0. The molecule has 6 N–H and O–H groups in total. The molecule has 1 saturated heterocycles. The molecule has 3 heterocycles. The molecule has 1 aliphatic rings. The summed E-state index contributed by atoms with van der Waals surface area (Å²) in [5.74, 6) is 1.57. The molecular weight excluding hydrogens is 518 g/mol. The third-order valence-corrected chi connectivity index (χ3v) is 6.22. The number of nitriles is 1. The Balaban J connectivity index is 0.00000196. The van der Waals surface area contributed by atoms with E-state index < -0.39 is 30.6 Å². The maximum absolute atomic E-state index is 10.4. The van der Waals surface area contributed by atoms with Crippen molar-refractivity contribution in [2.75, 3.05) is 23.5 Å². The largest absolute Gasteiger partial charge is 1.00 e. The second-order valence-corrected chi connectivity index (χ2v) is 8.61. The van der Waals surface area contributed by atoms with Gasteiger partial charge >= 0.3 is 0 Å². The van der Waals surface area contributed by atoms with Crippen LogP contribution >= 0.6 is 17.0 Å². The zero-order valence-corrected chi connectivity index (χ0v) is 19.2. The van der Waals surface area contributed by atoms with Crippen molar-refractivity contribution in [3.05, 3.63) is 12.7 Å². The molecule has 156 valence electrons. The minimum absolute atomic E-state index is 0. The highest BCUT2D eigenvalue weighted by Crippen LogP contribution is 2.32. The molecule has 0 spiro atoms. The van der Waals surface area contributed by atoms with Gasteiger partial charge in [0.25, 0.3) is 0 Å². The lowest BCUT2D eigenvalue weighted by molar-refractivity contribution is -0.0290. The van der Waals surface area contributed by atoms with E-state index in [2.05, 4.69) is 15.0 Å². The van der Waals surface area contributed by atoms with Gasteiger partial charge in [-0.25, -0.2) is 15.0 Å². The highest BCUT2D eigenvalue weighted by molar-refractivity contribution is 8.93. The average Bonchev–Trinajstić information content (AvgIpc) is 3.17. The van der Waals surface area contributed by atoms with Gasteiger partial charge in [0.1, 0.15) is 41.7 Å². The van der Waals surface area contributed by atoms with Crippen molar-refractivity contribution in [1.82, 2.24) is 19.5 Å². The van der Waals surface area contributed by atoms with E-state index >= 15 is 0 Å². The van der Waals surface area contributed by atoms with Crippen LogP contribution in [0.3, 0.4) is 0 Å². The fourth-order valence-electron chi connectivity index (χ4n) is 2.91. The van der Waals surface area contributed by atoms with Crippen LogP contribution in [0.5, 0.6) is 0 Å². The topological polar surface area (TPSA) is 169 Å². The fourth-order valence-corrected chi connectivity index (χ4v) is 4.57. The van der Waals surface area contributed by atoms with E-state index in [4.69, 9.17) is 21.5 Å². The van der Waals surface area contributed by atoms with Crippen molar-refractivity contribution >= 4 is 44.9 Å². The van der Waals surface area contributed by atoms with Crippen LogP contribution in [0, 0.1) is 11.3 Å². The van der Waals surface area contributed by atoms with Gasteiger partial charge < -0.3 is 43.4 Å². The van der Waals surface area contributed by atoms with E-state index in [1.54, 1.807) is 4.57 Å². The van der Waals surface area contributed by atoms with Crippen LogP contribution in [0.4, 0.5) is 5.82 Å². The number of aliphatic hydroxyl groups is 2. The van der Waals surface area contributed by atoms with Crippen molar-refractivity contribution in [2.24, 2.45) is 5.73 Å². The number of nitrogens with two attached hydrogens (primary N) is 2. The first-order chi connectivity index (χ1) is 12.4. The first-order valence-electron chi connectivity index (χ1n) is 8.11. The van der Waals surface area contributed by atoms with Gasteiger partial charge in [-0.05, 0) is 10.9 Å². The Labute approximate surface area is 186 Å². The SMILES string of the molecule is Br.C[S+](CCC(N)C#N)C[C@H]1O[C@@H](n2cnc3c(N)ncnc32)[C@H](O)[C@@H]1O.[Br-]. The summed E-state index contributed by atoms with van der Waals surface area (Å²) in [6.45, 7) is 0. The third kappa shape index (κ3) is 5.12. The molecule has 0 aromatic carbocycles.